The average molecular weight is 345 g/mol. The first kappa shape index (κ1) is 17.2. The van der Waals surface area contributed by atoms with Gasteiger partial charge in [-0.05, 0) is 82.7 Å². The van der Waals surface area contributed by atoms with Gasteiger partial charge in [0.15, 0.2) is 11.5 Å². The van der Waals surface area contributed by atoms with Gasteiger partial charge in [0.25, 0.3) is 0 Å². The molecule has 2 aliphatic carbocycles. The van der Waals surface area contributed by atoms with Gasteiger partial charge < -0.3 is 19.5 Å². The predicted molar refractivity (Wildman–Crippen MR) is 98.4 cm³/mol. The highest BCUT2D eigenvalue weighted by molar-refractivity contribution is 5.46. The summed E-state index contributed by atoms with van der Waals surface area (Å²) in [4.78, 5) is 2.43. The van der Waals surface area contributed by atoms with Crippen LogP contribution in [0.5, 0.6) is 11.5 Å². The van der Waals surface area contributed by atoms with E-state index in [1.54, 1.807) is 0 Å². The fourth-order valence-corrected chi connectivity index (χ4v) is 4.80. The highest BCUT2D eigenvalue weighted by Gasteiger charge is 2.50. The number of rotatable bonds is 6. The fraction of sp³-hybridized carbons (Fsp3) is 0.714. The lowest BCUT2D eigenvalue weighted by Gasteiger charge is -2.43. The molecule has 0 radical (unpaired) electrons. The summed E-state index contributed by atoms with van der Waals surface area (Å²) in [7, 11) is 2.20. The van der Waals surface area contributed by atoms with Crippen LogP contribution >= 0.6 is 0 Å². The summed E-state index contributed by atoms with van der Waals surface area (Å²) >= 11 is 0. The van der Waals surface area contributed by atoms with Crippen LogP contribution in [0.1, 0.15) is 51.0 Å². The van der Waals surface area contributed by atoms with Gasteiger partial charge in [0.1, 0.15) is 0 Å². The van der Waals surface area contributed by atoms with Gasteiger partial charge in [-0.2, -0.15) is 0 Å². The van der Waals surface area contributed by atoms with Gasteiger partial charge in [0.05, 0.1) is 19.3 Å². The first-order valence-corrected chi connectivity index (χ1v) is 9.91. The molecule has 3 aliphatic rings. The normalized spacial score (nSPS) is 32.4. The summed E-state index contributed by atoms with van der Waals surface area (Å²) in [6.45, 7) is 4.58. The Bertz CT molecular complexity index is 615. The molecule has 3 fully saturated rings. The smallest absolute Gasteiger partial charge is 0.161 e. The molecule has 0 bridgehead atoms. The molecule has 1 aromatic rings. The van der Waals surface area contributed by atoms with E-state index in [2.05, 4.69) is 30.1 Å². The van der Waals surface area contributed by atoms with Gasteiger partial charge in [-0.3, -0.25) is 0 Å². The van der Waals surface area contributed by atoms with Gasteiger partial charge in [0, 0.05) is 11.5 Å². The van der Waals surface area contributed by atoms with E-state index in [1.165, 1.54) is 18.4 Å². The number of hydrogen-bond acceptors (Lipinski definition) is 4. The van der Waals surface area contributed by atoms with Gasteiger partial charge in [-0.25, -0.2) is 0 Å². The van der Waals surface area contributed by atoms with Crippen molar-refractivity contribution >= 4 is 0 Å². The Balaban J connectivity index is 1.63. The molecule has 1 saturated heterocycles. The Morgan fingerprint density at radius 3 is 2.76 bits per heavy atom. The standard InChI is InChI=1S/C21H31NO3/c1-3-24-19-12-16(6-7-18(19)25-14-15-4-5-15)21-9-8-17(23)13-20(21)22(2)11-10-21/h6-7,12,15,17,20,23H,3-5,8-11,13-14H2,1-2H3/t17-,20+,21+/m1/s1. The zero-order valence-electron chi connectivity index (χ0n) is 15.5. The third kappa shape index (κ3) is 3.26. The molecular formula is C21H31NO3. The van der Waals surface area contributed by atoms with Crippen molar-refractivity contribution in [2.45, 2.75) is 63.0 Å². The molecule has 1 aromatic carbocycles. The maximum absolute atomic E-state index is 10.2. The van der Waals surface area contributed by atoms with E-state index in [9.17, 15) is 5.11 Å². The Morgan fingerprint density at radius 1 is 1.16 bits per heavy atom. The van der Waals surface area contributed by atoms with Crippen LogP contribution in [0, 0.1) is 5.92 Å². The lowest BCUT2D eigenvalue weighted by Crippen LogP contribution is -2.47. The molecule has 1 heterocycles. The van der Waals surface area contributed by atoms with Crippen LogP contribution in [0.3, 0.4) is 0 Å². The van der Waals surface area contributed by atoms with Gasteiger partial charge in [-0.15, -0.1) is 0 Å². The Morgan fingerprint density at radius 2 is 2.00 bits per heavy atom. The van der Waals surface area contributed by atoms with Crippen LogP contribution in [-0.4, -0.2) is 49.0 Å². The summed E-state index contributed by atoms with van der Waals surface area (Å²) in [5.74, 6) is 2.50. The average Bonchev–Trinajstić information content (AvgIpc) is 3.38. The van der Waals surface area contributed by atoms with Crippen molar-refractivity contribution in [3.63, 3.8) is 0 Å². The highest BCUT2D eigenvalue weighted by atomic mass is 16.5. The molecule has 3 atom stereocenters. The van der Waals surface area contributed by atoms with Crippen LogP contribution in [0.2, 0.25) is 0 Å². The highest BCUT2D eigenvalue weighted by Crippen LogP contribution is 2.50. The SMILES string of the molecule is CCOc1cc([C@@]23CC[C@@H](O)C[C@@H]2N(C)CC3)ccc1OCC1CC1. The topological polar surface area (TPSA) is 41.9 Å². The Kier molecular flexibility index (Phi) is 4.67. The summed E-state index contributed by atoms with van der Waals surface area (Å²) in [6, 6.07) is 6.99. The summed E-state index contributed by atoms with van der Waals surface area (Å²) < 4.78 is 12.0. The molecule has 0 amide bonds. The first-order valence-electron chi connectivity index (χ1n) is 9.91. The fourth-order valence-electron chi connectivity index (χ4n) is 4.80. The zero-order valence-corrected chi connectivity index (χ0v) is 15.5. The lowest BCUT2D eigenvalue weighted by atomic mass is 9.65. The van der Waals surface area contributed by atoms with E-state index in [4.69, 9.17) is 9.47 Å². The molecule has 4 heteroatoms. The van der Waals surface area contributed by atoms with E-state index in [-0.39, 0.29) is 11.5 Å². The Labute approximate surface area is 151 Å². The minimum Gasteiger partial charge on any atom is -0.490 e. The van der Waals surface area contributed by atoms with E-state index in [1.807, 2.05) is 6.92 Å². The number of nitrogens with zero attached hydrogens (tertiary/aromatic N) is 1. The van der Waals surface area contributed by atoms with Crippen LogP contribution < -0.4 is 9.47 Å². The monoisotopic (exact) mass is 345 g/mol. The molecule has 4 rings (SSSR count). The number of aliphatic hydroxyl groups is 1. The Hall–Kier alpha value is -1.26. The number of benzene rings is 1. The minimum absolute atomic E-state index is 0.148. The minimum atomic E-state index is -0.161. The van der Waals surface area contributed by atoms with Crippen LogP contribution in [0.4, 0.5) is 0 Å². The third-order valence-electron chi connectivity index (χ3n) is 6.49. The number of ether oxygens (including phenoxy) is 2. The van der Waals surface area contributed by atoms with Crippen molar-refractivity contribution in [3.05, 3.63) is 23.8 Å². The molecule has 1 N–H and O–H groups in total. The van der Waals surface area contributed by atoms with Gasteiger partial charge in [-0.1, -0.05) is 6.07 Å². The van der Waals surface area contributed by atoms with E-state index >= 15 is 0 Å². The molecule has 138 valence electrons. The molecule has 0 spiro atoms. The van der Waals surface area contributed by atoms with Crippen molar-refractivity contribution in [1.82, 2.24) is 4.90 Å². The number of aliphatic hydroxyl groups excluding tert-OH is 1. The second kappa shape index (κ2) is 6.81. The summed E-state index contributed by atoms with van der Waals surface area (Å²) in [5, 5.41) is 10.2. The first-order chi connectivity index (χ1) is 12.1. The molecule has 0 unspecified atom stereocenters. The molecule has 2 saturated carbocycles. The second-order valence-corrected chi connectivity index (χ2v) is 8.18. The molecular weight excluding hydrogens is 314 g/mol. The molecule has 4 nitrogen and oxygen atoms in total. The largest absolute Gasteiger partial charge is 0.490 e. The third-order valence-corrected chi connectivity index (χ3v) is 6.49. The van der Waals surface area contributed by atoms with Crippen molar-refractivity contribution < 1.29 is 14.6 Å². The predicted octanol–water partition coefficient (Wildman–Crippen LogP) is 3.36. The molecule has 1 aliphatic heterocycles. The maximum Gasteiger partial charge on any atom is 0.161 e. The summed E-state index contributed by atoms with van der Waals surface area (Å²) in [5.41, 5.74) is 1.51. The van der Waals surface area contributed by atoms with E-state index < -0.39 is 0 Å². The van der Waals surface area contributed by atoms with Crippen molar-refractivity contribution in [2.24, 2.45) is 5.92 Å². The van der Waals surface area contributed by atoms with Gasteiger partial charge >= 0.3 is 0 Å². The number of fused-ring (bicyclic) bond motifs is 1. The van der Waals surface area contributed by atoms with Crippen LogP contribution in [0.25, 0.3) is 0 Å². The quantitative estimate of drug-likeness (QED) is 0.858. The zero-order chi connectivity index (χ0) is 17.4. The van der Waals surface area contributed by atoms with Crippen molar-refractivity contribution in [2.75, 3.05) is 26.8 Å². The lowest BCUT2D eigenvalue weighted by molar-refractivity contribution is 0.0566. The van der Waals surface area contributed by atoms with Crippen LogP contribution in [-0.2, 0) is 5.41 Å². The van der Waals surface area contributed by atoms with Crippen molar-refractivity contribution in [1.29, 1.82) is 0 Å². The van der Waals surface area contributed by atoms with E-state index in [0.29, 0.717) is 12.6 Å². The van der Waals surface area contributed by atoms with Crippen molar-refractivity contribution in [3.8, 4) is 11.5 Å². The second-order valence-electron chi connectivity index (χ2n) is 8.18. The number of hydrogen-bond donors (Lipinski definition) is 1. The molecule has 25 heavy (non-hydrogen) atoms. The van der Waals surface area contributed by atoms with Crippen LogP contribution in [0.15, 0.2) is 18.2 Å². The number of likely N-dealkylation sites (tertiary alicyclic amines) is 1. The number of likely N-dealkylation sites (N-methyl/N-ethyl adjacent to an activating group) is 1. The molecule has 0 aromatic heterocycles. The van der Waals surface area contributed by atoms with E-state index in [0.717, 1.165) is 56.3 Å². The summed E-state index contributed by atoms with van der Waals surface area (Å²) in [6.07, 6.45) is 6.41. The van der Waals surface area contributed by atoms with Gasteiger partial charge in [0.2, 0.25) is 0 Å². The maximum atomic E-state index is 10.2.